The van der Waals surface area contributed by atoms with E-state index in [1.807, 2.05) is 91.1 Å². The molecule has 3 aromatic carbocycles. The number of aryl methyl sites for hydroxylation is 1. The van der Waals surface area contributed by atoms with Gasteiger partial charge < -0.3 is 5.32 Å². The summed E-state index contributed by atoms with van der Waals surface area (Å²) in [7, 11) is 0. The molecule has 4 aromatic rings. The summed E-state index contributed by atoms with van der Waals surface area (Å²) < 4.78 is 1.80. The number of benzene rings is 3. The Bertz CT molecular complexity index is 1360. The van der Waals surface area contributed by atoms with Gasteiger partial charge in [0.15, 0.2) is 0 Å². The fraction of sp³-hybridized carbons (Fsp3) is 0.148. The second kappa shape index (κ2) is 7.45. The van der Waals surface area contributed by atoms with Crippen LogP contribution in [0.2, 0.25) is 0 Å². The van der Waals surface area contributed by atoms with Gasteiger partial charge in [0.1, 0.15) is 5.54 Å². The molecule has 0 bridgehead atoms. The van der Waals surface area contributed by atoms with Crippen LogP contribution in [0, 0.1) is 0 Å². The van der Waals surface area contributed by atoms with Crippen molar-refractivity contribution in [2.75, 3.05) is 0 Å². The third-order valence-corrected chi connectivity index (χ3v) is 6.61. The number of aromatic nitrogens is 2. The van der Waals surface area contributed by atoms with Crippen molar-refractivity contribution >= 4 is 11.9 Å². The number of carbonyl (C=O) groups excluding carboxylic acids is 2. The second-order valence-corrected chi connectivity index (χ2v) is 8.53. The highest BCUT2D eigenvalue weighted by molar-refractivity contribution is 6.08. The summed E-state index contributed by atoms with van der Waals surface area (Å²) in [6.45, 7) is 0.158. The molecule has 0 saturated carbocycles. The molecule has 2 heterocycles. The van der Waals surface area contributed by atoms with Gasteiger partial charge in [0.05, 0.1) is 17.9 Å². The zero-order valence-corrected chi connectivity index (χ0v) is 17.9. The predicted molar refractivity (Wildman–Crippen MR) is 125 cm³/mol. The standard InChI is InChI=1S/C27H22N4O2/c32-25-27(16-15-19-9-7-8-14-23(19)27)28-26(33)30(25)17-21-18-31(22-12-5-2-6-13-22)29-24(21)20-10-3-1-4-11-20/h1-14,18H,15-17H2,(H,28,33). The molecule has 162 valence electrons. The van der Waals surface area contributed by atoms with Gasteiger partial charge in [-0.15, -0.1) is 0 Å². The average molecular weight is 434 g/mol. The Hall–Kier alpha value is -4.19. The third-order valence-electron chi connectivity index (χ3n) is 6.61. The molecule has 6 heteroatoms. The van der Waals surface area contributed by atoms with Gasteiger partial charge in [-0.3, -0.25) is 9.69 Å². The van der Waals surface area contributed by atoms with Crippen LogP contribution in [0.4, 0.5) is 4.79 Å². The average Bonchev–Trinajstić information content (AvgIpc) is 3.52. The first-order chi connectivity index (χ1) is 16.2. The SMILES string of the molecule is O=C1NC2(CCc3ccccc32)C(=O)N1Cc1cn(-c2ccccc2)nc1-c1ccccc1. The maximum Gasteiger partial charge on any atom is 0.325 e. The summed E-state index contributed by atoms with van der Waals surface area (Å²) in [4.78, 5) is 28.0. The second-order valence-electron chi connectivity index (χ2n) is 8.53. The third kappa shape index (κ3) is 3.06. The minimum Gasteiger partial charge on any atom is -0.319 e. The number of para-hydroxylation sites is 1. The van der Waals surface area contributed by atoms with Crippen molar-refractivity contribution < 1.29 is 9.59 Å². The number of amides is 3. The van der Waals surface area contributed by atoms with Crippen LogP contribution in [0.15, 0.2) is 91.1 Å². The van der Waals surface area contributed by atoms with Crippen molar-refractivity contribution in [1.82, 2.24) is 20.0 Å². The highest BCUT2D eigenvalue weighted by Crippen LogP contribution is 2.42. The van der Waals surface area contributed by atoms with Gasteiger partial charge in [-0.2, -0.15) is 5.10 Å². The van der Waals surface area contributed by atoms with Crippen molar-refractivity contribution in [2.45, 2.75) is 24.9 Å². The van der Waals surface area contributed by atoms with E-state index in [1.165, 1.54) is 4.90 Å². The molecule has 1 N–H and O–H groups in total. The topological polar surface area (TPSA) is 67.2 Å². The Morgan fingerprint density at radius 1 is 0.879 bits per heavy atom. The van der Waals surface area contributed by atoms with Crippen LogP contribution in [0.25, 0.3) is 16.9 Å². The molecule has 33 heavy (non-hydrogen) atoms. The van der Waals surface area contributed by atoms with E-state index in [4.69, 9.17) is 5.10 Å². The van der Waals surface area contributed by atoms with Crippen LogP contribution in [-0.2, 0) is 23.3 Å². The quantitative estimate of drug-likeness (QED) is 0.483. The zero-order chi connectivity index (χ0) is 22.4. The van der Waals surface area contributed by atoms with Crippen LogP contribution in [0.3, 0.4) is 0 Å². The Morgan fingerprint density at radius 2 is 1.58 bits per heavy atom. The maximum atomic E-state index is 13.6. The van der Waals surface area contributed by atoms with E-state index >= 15 is 0 Å². The lowest BCUT2D eigenvalue weighted by atomic mass is 9.92. The van der Waals surface area contributed by atoms with E-state index in [2.05, 4.69) is 5.32 Å². The summed E-state index contributed by atoms with van der Waals surface area (Å²) in [6, 6.07) is 27.2. The van der Waals surface area contributed by atoms with Gasteiger partial charge >= 0.3 is 6.03 Å². The van der Waals surface area contributed by atoms with Crippen molar-refractivity contribution in [3.63, 3.8) is 0 Å². The highest BCUT2D eigenvalue weighted by Gasteiger charge is 2.55. The van der Waals surface area contributed by atoms with E-state index in [0.29, 0.717) is 6.42 Å². The first-order valence-electron chi connectivity index (χ1n) is 11.1. The summed E-state index contributed by atoms with van der Waals surface area (Å²) in [5.74, 6) is -0.191. The monoisotopic (exact) mass is 434 g/mol. The van der Waals surface area contributed by atoms with E-state index in [0.717, 1.165) is 40.1 Å². The molecule has 2 aliphatic rings. The van der Waals surface area contributed by atoms with Gasteiger partial charge in [0.2, 0.25) is 0 Å². The Kier molecular flexibility index (Phi) is 4.40. The van der Waals surface area contributed by atoms with Crippen LogP contribution in [0.1, 0.15) is 23.1 Å². The highest BCUT2D eigenvalue weighted by atomic mass is 16.2. The summed E-state index contributed by atoms with van der Waals surface area (Å²) in [5.41, 5.74) is 4.50. The van der Waals surface area contributed by atoms with Crippen LogP contribution in [0.5, 0.6) is 0 Å². The van der Waals surface area contributed by atoms with E-state index in [-0.39, 0.29) is 18.5 Å². The van der Waals surface area contributed by atoms with Gasteiger partial charge in [0, 0.05) is 17.3 Å². The number of carbonyl (C=O) groups is 2. The van der Waals surface area contributed by atoms with Crippen molar-refractivity contribution in [2.24, 2.45) is 0 Å². The number of hydrogen-bond donors (Lipinski definition) is 1. The summed E-state index contributed by atoms with van der Waals surface area (Å²) >= 11 is 0. The number of nitrogens with one attached hydrogen (secondary N) is 1. The van der Waals surface area contributed by atoms with Crippen LogP contribution < -0.4 is 5.32 Å². The molecule has 1 aromatic heterocycles. The lowest BCUT2D eigenvalue weighted by Gasteiger charge is -2.22. The van der Waals surface area contributed by atoms with Crippen molar-refractivity contribution in [1.29, 1.82) is 0 Å². The van der Waals surface area contributed by atoms with Crippen LogP contribution >= 0.6 is 0 Å². The number of hydrogen-bond acceptors (Lipinski definition) is 3. The Morgan fingerprint density at radius 3 is 2.36 bits per heavy atom. The molecule has 1 fully saturated rings. The molecular weight excluding hydrogens is 412 g/mol. The maximum absolute atomic E-state index is 13.6. The van der Waals surface area contributed by atoms with Gasteiger partial charge in [0.25, 0.3) is 5.91 Å². The fourth-order valence-corrected chi connectivity index (χ4v) is 4.98. The first kappa shape index (κ1) is 19.5. The molecule has 6 rings (SSSR count). The molecule has 6 nitrogen and oxygen atoms in total. The number of imide groups is 1. The Labute approximate surface area is 191 Å². The van der Waals surface area contributed by atoms with Crippen molar-refractivity contribution in [3.05, 3.63) is 108 Å². The van der Waals surface area contributed by atoms with Crippen LogP contribution in [-0.4, -0.2) is 26.6 Å². The lowest BCUT2D eigenvalue weighted by molar-refractivity contribution is -0.132. The van der Waals surface area contributed by atoms with Gasteiger partial charge in [-0.05, 0) is 36.1 Å². The predicted octanol–water partition coefficient (Wildman–Crippen LogP) is 4.43. The minimum atomic E-state index is -0.962. The molecule has 0 radical (unpaired) electrons. The van der Waals surface area contributed by atoms with Crippen molar-refractivity contribution in [3.8, 4) is 16.9 Å². The number of rotatable bonds is 4. The van der Waals surface area contributed by atoms with E-state index in [1.54, 1.807) is 4.68 Å². The molecule has 3 amide bonds. The minimum absolute atomic E-state index is 0.158. The molecule has 1 unspecified atom stereocenters. The number of urea groups is 1. The molecule has 1 atom stereocenters. The molecule has 1 spiro atoms. The normalized spacial score (nSPS) is 19.2. The number of fused-ring (bicyclic) bond motifs is 2. The van der Waals surface area contributed by atoms with E-state index < -0.39 is 5.54 Å². The molecule has 1 aliphatic heterocycles. The fourth-order valence-electron chi connectivity index (χ4n) is 4.98. The van der Waals surface area contributed by atoms with Gasteiger partial charge in [-0.1, -0.05) is 72.8 Å². The molecule has 1 aliphatic carbocycles. The van der Waals surface area contributed by atoms with E-state index in [9.17, 15) is 9.59 Å². The zero-order valence-electron chi connectivity index (χ0n) is 17.9. The Balaban J connectivity index is 1.39. The molecular formula is C27H22N4O2. The molecule has 1 saturated heterocycles. The number of nitrogens with zero attached hydrogens (tertiary/aromatic N) is 3. The smallest absolute Gasteiger partial charge is 0.319 e. The summed E-state index contributed by atoms with van der Waals surface area (Å²) in [6.07, 6.45) is 3.27. The first-order valence-corrected chi connectivity index (χ1v) is 11.1. The van der Waals surface area contributed by atoms with Gasteiger partial charge in [-0.25, -0.2) is 9.48 Å². The summed E-state index contributed by atoms with van der Waals surface area (Å²) in [5, 5.41) is 7.83. The lowest BCUT2D eigenvalue weighted by Crippen LogP contribution is -2.41. The largest absolute Gasteiger partial charge is 0.325 e.